The van der Waals surface area contributed by atoms with Gasteiger partial charge in [-0.2, -0.15) is 0 Å². The number of hydrogen-bond donors (Lipinski definition) is 0. The Morgan fingerprint density at radius 1 is 0.765 bits per heavy atom. The second-order valence-corrected chi connectivity index (χ2v) is 4.84. The third-order valence-electron chi connectivity index (χ3n) is 3.81. The number of hydrogen-bond acceptors (Lipinski definition) is 2. The van der Waals surface area contributed by atoms with E-state index in [4.69, 9.17) is 0 Å². The normalized spacial score (nSPS) is 15.8. The Labute approximate surface area is 98.8 Å². The molecular weight excluding hydrogens is 212 g/mol. The Bertz CT molecular complexity index is 638. The van der Waals surface area contributed by atoms with E-state index in [-0.39, 0.29) is 11.5 Å². The van der Waals surface area contributed by atoms with Gasteiger partial charge in [-0.1, -0.05) is 35.8 Å². The van der Waals surface area contributed by atoms with Crippen LogP contribution in [0.15, 0.2) is 24.3 Å². The van der Waals surface area contributed by atoms with Crippen LogP contribution in [0, 0.1) is 0 Å². The second kappa shape index (κ2) is 2.83. The lowest BCUT2D eigenvalue weighted by Crippen LogP contribution is -2.09. The quantitative estimate of drug-likeness (QED) is 0.542. The Hall–Kier alpha value is -1.96. The van der Waals surface area contributed by atoms with Crippen molar-refractivity contribution in [2.24, 2.45) is 0 Å². The van der Waals surface area contributed by atoms with E-state index in [2.05, 4.69) is 0 Å². The lowest BCUT2D eigenvalue weighted by atomic mass is 9.91. The van der Waals surface area contributed by atoms with Crippen LogP contribution in [0.2, 0.25) is 0 Å². The molecule has 0 unspecified atom stereocenters. The summed E-state index contributed by atoms with van der Waals surface area (Å²) in [5, 5.41) is 25.9. The molecule has 0 heterocycles. The zero-order chi connectivity index (χ0) is 11.6. The number of fused-ring (bicyclic) bond motifs is 3. The largest absolute Gasteiger partial charge is 0.872 e. The van der Waals surface area contributed by atoms with Crippen molar-refractivity contribution in [2.75, 3.05) is 0 Å². The van der Waals surface area contributed by atoms with E-state index in [1.807, 2.05) is 24.3 Å². The summed E-state index contributed by atoms with van der Waals surface area (Å²) in [6.45, 7) is 0. The molecule has 2 aromatic rings. The molecule has 0 amide bonds. The van der Waals surface area contributed by atoms with Gasteiger partial charge >= 0.3 is 0 Å². The van der Waals surface area contributed by atoms with Crippen molar-refractivity contribution in [3.8, 4) is 11.5 Å². The van der Waals surface area contributed by atoms with Gasteiger partial charge in [0.15, 0.2) is 0 Å². The molecule has 0 fully saturated rings. The van der Waals surface area contributed by atoms with Crippen LogP contribution in [-0.2, 0) is 19.3 Å². The fourth-order valence-corrected chi connectivity index (χ4v) is 2.76. The first-order valence-corrected chi connectivity index (χ1v) is 5.88. The highest BCUT2D eigenvalue weighted by molar-refractivity contribution is 5.97. The third-order valence-corrected chi connectivity index (χ3v) is 3.81. The first kappa shape index (κ1) is 9.11. The van der Waals surface area contributed by atoms with Gasteiger partial charge < -0.3 is 10.2 Å². The van der Waals surface area contributed by atoms with E-state index >= 15 is 0 Å². The van der Waals surface area contributed by atoms with E-state index in [0.29, 0.717) is 34.7 Å². The van der Waals surface area contributed by atoms with Gasteiger partial charge in [-0.05, 0) is 52.3 Å². The van der Waals surface area contributed by atoms with Crippen molar-refractivity contribution in [1.82, 2.24) is 0 Å². The second-order valence-electron chi connectivity index (χ2n) is 4.84. The predicted molar refractivity (Wildman–Crippen MR) is 62.2 cm³/mol. The van der Waals surface area contributed by atoms with Crippen molar-refractivity contribution in [3.05, 3.63) is 46.5 Å². The highest BCUT2D eigenvalue weighted by Crippen LogP contribution is 2.43. The summed E-state index contributed by atoms with van der Waals surface area (Å²) in [5.41, 5.74) is 3.87. The van der Waals surface area contributed by atoms with Crippen LogP contribution in [0.4, 0.5) is 0 Å². The summed E-state index contributed by atoms with van der Waals surface area (Å²) in [4.78, 5) is 0. The van der Waals surface area contributed by atoms with Crippen molar-refractivity contribution in [3.63, 3.8) is 0 Å². The molecule has 0 atom stereocenters. The number of rotatable bonds is 0. The monoisotopic (exact) mass is 222 g/mol. The molecule has 0 saturated carbocycles. The van der Waals surface area contributed by atoms with Gasteiger partial charge in [-0.25, -0.2) is 0 Å². The molecule has 0 aliphatic heterocycles. The molecule has 84 valence electrons. The van der Waals surface area contributed by atoms with Gasteiger partial charge in [-0.15, -0.1) is 0 Å². The van der Waals surface area contributed by atoms with Gasteiger partial charge in [-0.3, -0.25) is 0 Å². The summed E-state index contributed by atoms with van der Waals surface area (Å²) < 4.78 is 0. The molecule has 2 aliphatic carbocycles. The van der Waals surface area contributed by atoms with Crippen LogP contribution in [0.1, 0.15) is 22.3 Å². The summed E-state index contributed by atoms with van der Waals surface area (Å²) in [6.07, 6.45) is 6.11. The van der Waals surface area contributed by atoms with E-state index in [1.54, 1.807) is 0 Å². The molecule has 0 spiro atoms. The maximum Gasteiger partial charge on any atom is -0.00196 e. The minimum atomic E-state index is 0.0636. The fraction of sp³-hybridized carbons (Fsp3) is 0.200. The minimum absolute atomic E-state index is 0.0636. The maximum atomic E-state index is 12.3. The first-order chi connectivity index (χ1) is 8.25. The third kappa shape index (κ3) is 1.10. The zero-order valence-electron chi connectivity index (χ0n) is 9.25. The minimum Gasteiger partial charge on any atom is -0.872 e. The molecule has 0 aromatic heterocycles. The Balaban J connectivity index is 2.17. The molecule has 2 aliphatic rings. The molecule has 4 rings (SSSR count). The maximum absolute atomic E-state index is 12.3. The van der Waals surface area contributed by atoms with Crippen molar-refractivity contribution >= 4 is 10.8 Å². The van der Waals surface area contributed by atoms with E-state index in [9.17, 15) is 10.2 Å². The lowest BCUT2D eigenvalue weighted by Gasteiger charge is -2.28. The molecule has 2 aromatic carbocycles. The SMILES string of the molecule is [O-]c1c2c(c([O-])c3cc4c(cc13)C4)CC=CC2. The average Bonchev–Trinajstić information content (AvgIpc) is 3.12. The molecule has 17 heavy (non-hydrogen) atoms. The Morgan fingerprint density at radius 2 is 1.24 bits per heavy atom. The van der Waals surface area contributed by atoms with Crippen molar-refractivity contribution in [1.29, 1.82) is 0 Å². The van der Waals surface area contributed by atoms with Crippen LogP contribution < -0.4 is 10.2 Å². The van der Waals surface area contributed by atoms with E-state index in [1.165, 1.54) is 11.1 Å². The molecular formula is C15H10O2-2. The number of allylic oxidation sites excluding steroid dienone is 2. The van der Waals surface area contributed by atoms with Gasteiger partial charge in [0.1, 0.15) is 0 Å². The van der Waals surface area contributed by atoms with Crippen LogP contribution in [0.3, 0.4) is 0 Å². The molecule has 2 heteroatoms. The first-order valence-electron chi connectivity index (χ1n) is 5.88. The molecule has 0 N–H and O–H groups in total. The van der Waals surface area contributed by atoms with Gasteiger partial charge in [0.05, 0.1) is 0 Å². The number of benzene rings is 2. The van der Waals surface area contributed by atoms with Crippen LogP contribution in [0.25, 0.3) is 10.8 Å². The van der Waals surface area contributed by atoms with E-state index in [0.717, 1.165) is 6.42 Å². The predicted octanol–water partition coefficient (Wildman–Crippen LogP) is 1.55. The molecule has 0 bridgehead atoms. The van der Waals surface area contributed by atoms with Gasteiger partial charge in [0.2, 0.25) is 0 Å². The van der Waals surface area contributed by atoms with Crippen LogP contribution in [-0.4, -0.2) is 0 Å². The highest BCUT2D eigenvalue weighted by atomic mass is 16.3. The van der Waals surface area contributed by atoms with Crippen LogP contribution >= 0.6 is 0 Å². The molecule has 0 radical (unpaired) electrons. The van der Waals surface area contributed by atoms with Gasteiger partial charge in [0.25, 0.3) is 0 Å². The summed E-state index contributed by atoms with van der Waals surface area (Å²) in [5.74, 6) is 0.127. The standard InChI is InChI=1S/C15H12O2/c16-14-10-3-1-2-4-11(10)15(17)13-7-9-5-8(9)6-12(13)14/h1-2,6-7,16-17H,3-5H2/p-2. The lowest BCUT2D eigenvalue weighted by molar-refractivity contribution is -0.272. The average molecular weight is 222 g/mol. The van der Waals surface area contributed by atoms with Crippen LogP contribution in [0.5, 0.6) is 11.5 Å². The van der Waals surface area contributed by atoms with Crippen molar-refractivity contribution < 1.29 is 10.2 Å². The zero-order valence-corrected chi connectivity index (χ0v) is 9.25. The molecule has 0 saturated heterocycles. The summed E-state index contributed by atoms with van der Waals surface area (Å²) >= 11 is 0. The van der Waals surface area contributed by atoms with Gasteiger partial charge in [0, 0.05) is 0 Å². The Kier molecular flexibility index (Phi) is 1.52. The highest BCUT2D eigenvalue weighted by Gasteiger charge is 2.19. The fourth-order valence-electron chi connectivity index (χ4n) is 2.76. The Morgan fingerprint density at radius 3 is 1.71 bits per heavy atom. The summed E-state index contributed by atoms with van der Waals surface area (Å²) in [7, 11) is 0. The molecule has 2 nitrogen and oxygen atoms in total. The van der Waals surface area contributed by atoms with Crippen molar-refractivity contribution in [2.45, 2.75) is 19.3 Å². The topological polar surface area (TPSA) is 46.1 Å². The smallest absolute Gasteiger partial charge is 0.00196 e. The summed E-state index contributed by atoms with van der Waals surface area (Å²) in [6, 6.07) is 3.82. The van der Waals surface area contributed by atoms with E-state index < -0.39 is 0 Å².